The summed E-state index contributed by atoms with van der Waals surface area (Å²) in [4.78, 5) is 25.7. The highest BCUT2D eigenvalue weighted by molar-refractivity contribution is 5.92. The Balaban J connectivity index is 1.69. The van der Waals surface area contributed by atoms with E-state index < -0.39 is 0 Å². The van der Waals surface area contributed by atoms with Gasteiger partial charge in [-0.25, -0.2) is 4.79 Å². The van der Waals surface area contributed by atoms with E-state index in [0.717, 1.165) is 36.9 Å². The number of methoxy groups -OCH3 is 1. The number of hydrogen-bond acceptors (Lipinski definition) is 3. The summed E-state index contributed by atoms with van der Waals surface area (Å²) < 4.78 is 4.79. The third-order valence-electron chi connectivity index (χ3n) is 4.56. The molecule has 1 aromatic rings. The number of amides is 2. The van der Waals surface area contributed by atoms with E-state index in [0.29, 0.717) is 13.1 Å². The lowest BCUT2D eigenvalue weighted by Crippen LogP contribution is -2.35. The van der Waals surface area contributed by atoms with Gasteiger partial charge in [-0.3, -0.25) is 4.79 Å². The Morgan fingerprint density at radius 1 is 1.26 bits per heavy atom. The number of hydrogen-bond donors (Lipinski definition) is 1. The van der Waals surface area contributed by atoms with Gasteiger partial charge in [-0.2, -0.15) is 0 Å². The predicted molar refractivity (Wildman–Crippen MR) is 88.1 cm³/mol. The standard InChI is InChI=1S/C18H22N2O3/c1-23-18(22)20-10-9-13-7-8-16(11-15(13)12-20)19-17(21)14-5-3-2-4-6-14/h2-3,7-8,11,14H,4-6,9-10,12H2,1H3,(H,19,21)/t14-/m1/s1. The number of ether oxygens (including phenoxy) is 1. The molecule has 0 aromatic heterocycles. The predicted octanol–water partition coefficient (Wildman–Crippen LogP) is 3.11. The average Bonchev–Trinajstić information content (AvgIpc) is 2.61. The minimum Gasteiger partial charge on any atom is -0.453 e. The summed E-state index contributed by atoms with van der Waals surface area (Å²) in [7, 11) is 1.40. The van der Waals surface area contributed by atoms with Crippen LogP contribution in [0, 0.1) is 5.92 Å². The van der Waals surface area contributed by atoms with E-state index in [2.05, 4.69) is 17.5 Å². The fourth-order valence-corrected chi connectivity index (χ4v) is 3.20. The number of rotatable bonds is 2. The summed E-state index contributed by atoms with van der Waals surface area (Å²) in [6, 6.07) is 5.96. The van der Waals surface area contributed by atoms with Crippen molar-refractivity contribution in [2.75, 3.05) is 19.0 Å². The zero-order valence-corrected chi connectivity index (χ0v) is 13.4. The quantitative estimate of drug-likeness (QED) is 0.853. The fraction of sp³-hybridized carbons (Fsp3) is 0.444. The molecule has 3 rings (SSSR count). The van der Waals surface area contributed by atoms with Crippen LogP contribution in [0.15, 0.2) is 30.4 Å². The maximum absolute atomic E-state index is 12.3. The van der Waals surface area contributed by atoms with E-state index >= 15 is 0 Å². The van der Waals surface area contributed by atoms with Crippen LogP contribution in [0.3, 0.4) is 0 Å². The minimum atomic E-state index is -0.306. The molecule has 1 aliphatic heterocycles. The molecule has 122 valence electrons. The summed E-state index contributed by atoms with van der Waals surface area (Å²) in [6.45, 7) is 1.19. The molecule has 1 heterocycles. The van der Waals surface area contributed by atoms with E-state index in [4.69, 9.17) is 4.74 Å². The molecule has 0 unspecified atom stereocenters. The Hall–Kier alpha value is -2.30. The van der Waals surface area contributed by atoms with Crippen molar-refractivity contribution >= 4 is 17.7 Å². The van der Waals surface area contributed by atoms with Gasteiger partial charge in [0.25, 0.3) is 0 Å². The Bertz CT molecular complexity index is 639. The molecular weight excluding hydrogens is 292 g/mol. The molecule has 1 atom stereocenters. The Morgan fingerprint density at radius 2 is 2.13 bits per heavy atom. The zero-order valence-electron chi connectivity index (χ0n) is 13.4. The molecule has 0 saturated heterocycles. The van der Waals surface area contributed by atoms with Crippen molar-refractivity contribution in [3.63, 3.8) is 0 Å². The average molecular weight is 314 g/mol. The van der Waals surface area contributed by atoms with E-state index in [1.807, 2.05) is 18.2 Å². The summed E-state index contributed by atoms with van der Waals surface area (Å²) in [6.07, 6.45) is 7.40. The Morgan fingerprint density at radius 3 is 2.87 bits per heavy atom. The van der Waals surface area contributed by atoms with Crippen LogP contribution in [0.5, 0.6) is 0 Å². The topological polar surface area (TPSA) is 58.6 Å². The van der Waals surface area contributed by atoms with Crippen molar-refractivity contribution in [2.24, 2.45) is 5.92 Å². The molecule has 0 bridgehead atoms. The molecule has 23 heavy (non-hydrogen) atoms. The molecular formula is C18H22N2O3. The van der Waals surface area contributed by atoms with Crippen LogP contribution in [0.1, 0.15) is 30.4 Å². The highest BCUT2D eigenvalue weighted by atomic mass is 16.5. The highest BCUT2D eigenvalue weighted by Gasteiger charge is 2.22. The third-order valence-corrected chi connectivity index (χ3v) is 4.56. The van der Waals surface area contributed by atoms with Gasteiger partial charge < -0.3 is 15.0 Å². The maximum atomic E-state index is 12.3. The molecule has 0 radical (unpaired) electrons. The van der Waals surface area contributed by atoms with Crippen molar-refractivity contribution in [3.8, 4) is 0 Å². The van der Waals surface area contributed by atoms with Crippen LogP contribution in [0.4, 0.5) is 10.5 Å². The second-order valence-corrected chi connectivity index (χ2v) is 6.10. The third kappa shape index (κ3) is 3.55. The molecule has 0 saturated carbocycles. The molecule has 1 N–H and O–H groups in total. The van der Waals surface area contributed by atoms with E-state index in [1.165, 1.54) is 12.7 Å². The van der Waals surface area contributed by atoms with Gasteiger partial charge in [0.15, 0.2) is 0 Å². The summed E-state index contributed by atoms with van der Waals surface area (Å²) in [5, 5.41) is 3.01. The first-order valence-electron chi connectivity index (χ1n) is 8.08. The molecule has 2 amide bonds. The fourth-order valence-electron chi connectivity index (χ4n) is 3.20. The number of nitrogens with one attached hydrogen (secondary N) is 1. The van der Waals surface area contributed by atoms with Crippen LogP contribution in [0.25, 0.3) is 0 Å². The second-order valence-electron chi connectivity index (χ2n) is 6.10. The summed E-state index contributed by atoms with van der Waals surface area (Å²) >= 11 is 0. The maximum Gasteiger partial charge on any atom is 0.409 e. The Labute approximate surface area is 136 Å². The number of nitrogens with zero attached hydrogens (tertiary/aromatic N) is 1. The molecule has 5 heteroatoms. The number of fused-ring (bicyclic) bond motifs is 1. The monoisotopic (exact) mass is 314 g/mol. The van der Waals surface area contributed by atoms with Gasteiger partial charge in [-0.1, -0.05) is 18.2 Å². The number of carbonyl (C=O) groups is 2. The van der Waals surface area contributed by atoms with Gasteiger partial charge >= 0.3 is 6.09 Å². The largest absolute Gasteiger partial charge is 0.453 e. The molecule has 1 aromatic carbocycles. The smallest absolute Gasteiger partial charge is 0.409 e. The van der Waals surface area contributed by atoms with E-state index in [-0.39, 0.29) is 17.9 Å². The molecule has 0 fully saturated rings. The summed E-state index contributed by atoms with van der Waals surface area (Å²) in [5.74, 6) is 0.137. The number of carbonyl (C=O) groups excluding carboxylic acids is 2. The van der Waals surface area contributed by atoms with Crippen molar-refractivity contribution < 1.29 is 14.3 Å². The molecule has 0 spiro atoms. The van der Waals surface area contributed by atoms with E-state index in [9.17, 15) is 9.59 Å². The molecule has 1 aliphatic carbocycles. The van der Waals surface area contributed by atoms with Crippen molar-refractivity contribution in [1.82, 2.24) is 4.90 Å². The summed E-state index contributed by atoms with van der Waals surface area (Å²) in [5.41, 5.74) is 3.10. The van der Waals surface area contributed by atoms with Crippen molar-refractivity contribution in [2.45, 2.75) is 32.2 Å². The normalized spacial score (nSPS) is 19.9. The van der Waals surface area contributed by atoms with Gasteiger partial charge in [0.05, 0.1) is 7.11 Å². The highest BCUT2D eigenvalue weighted by Crippen LogP contribution is 2.25. The van der Waals surface area contributed by atoms with Gasteiger partial charge in [-0.15, -0.1) is 0 Å². The lowest BCUT2D eigenvalue weighted by atomic mass is 9.93. The van der Waals surface area contributed by atoms with Crippen molar-refractivity contribution in [1.29, 1.82) is 0 Å². The number of anilines is 1. The first kappa shape index (κ1) is 15.6. The first-order chi connectivity index (χ1) is 11.2. The lowest BCUT2D eigenvalue weighted by Gasteiger charge is -2.28. The minimum absolute atomic E-state index is 0.0580. The molecule has 5 nitrogen and oxygen atoms in total. The number of allylic oxidation sites excluding steroid dienone is 2. The van der Waals surface area contributed by atoms with Crippen molar-refractivity contribution in [3.05, 3.63) is 41.5 Å². The lowest BCUT2D eigenvalue weighted by molar-refractivity contribution is -0.120. The van der Waals surface area contributed by atoms with E-state index in [1.54, 1.807) is 4.90 Å². The van der Waals surface area contributed by atoms with Crippen LogP contribution in [-0.2, 0) is 22.5 Å². The van der Waals surface area contributed by atoms with Gasteiger partial charge in [0.1, 0.15) is 0 Å². The second kappa shape index (κ2) is 6.86. The van der Waals surface area contributed by atoms with Gasteiger partial charge in [0, 0.05) is 24.7 Å². The zero-order chi connectivity index (χ0) is 16.2. The van der Waals surface area contributed by atoms with Crippen LogP contribution >= 0.6 is 0 Å². The van der Waals surface area contributed by atoms with Gasteiger partial charge in [0.2, 0.25) is 5.91 Å². The first-order valence-corrected chi connectivity index (χ1v) is 8.08. The molecule has 2 aliphatic rings. The Kier molecular flexibility index (Phi) is 4.65. The van der Waals surface area contributed by atoms with Crippen LogP contribution in [0.2, 0.25) is 0 Å². The van der Waals surface area contributed by atoms with Crippen LogP contribution in [-0.4, -0.2) is 30.6 Å². The van der Waals surface area contributed by atoms with Crippen LogP contribution < -0.4 is 5.32 Å². The number of benzene rings is 1. The van der Waals surface area contributed by atoms with Gasteiger partial charge in [-0.05, 0) is 48.9 Å². The SMILES string of the molecule is COC(=O)N1CCc2ccc(NC(=O)[C@@H]3CC=CCC3)cc2C1.